The van der Waals surface area contributed by atoms with Crippen LogP contribution in [0, 0.1) is 5.82 Å². The fourth-order valence-corrected chi connectivity index (χ4v) is 3.19. The second-order valence-corrected chi connectivity index (χ2v) is 7.21. The Morgan fingerprint density at radius 3 is 2.37 bits per heavy atom. The number of unbranched alkanes of at least 4 members (excludes halogenated alkanes) is 3. The summed E-state index contributed by atoms with van der Waals surface area (Å²) in [6, 6.07) is 12.3. The van der Waals surface area contributed by atoms with E-state index in [1.165, 1.54) is 19.3 Å². The van der Waals surface area contributed by atoms with Crippen molar-refractivity contribution in [2.24, 2.45) is 0 Å². The fraction of sp³-hybridized carbons (Fsp3) is 0.458. The Bertz CT molecular complexity index is 722. The lowest BCUT2D eigenvalue weighted by atomic mass is 10.0. The van der Waals surface area contributed by atoms with Gasteiger partial charge in [0.1, 0.15) is 5.82 Å². The number of halogens is 1. The number of carbonyl (C=O) groups excluding carboxylic acids is 1. The van der Waals surface area contributed by atoms with Crippen LogP contribution >= 0.6 is 0 Å². The Balaban J connectivity index is 1.97. The molecule has 0 N–H and O–H groups in total. The zero-order valence-corrected chi connectivity index (χ0v) is 16.8. The van der Waals surface area contributed by atoms with Gasteiger partial charge >= 0.3 is 5.97 Å². The molecular weight excluding hydrogens is 339 g/mol. The van der Waals surface area contributed by atoms with Crippen LogP contribution in [0.4, 0.5) is 4.39 Å². The van der Waals surface area contributed by atoms with Crippen molar-refractivity contribution in [1.29, 1.82) is 0 Å². The summed E-state index contributed by atoms with van der Waals surface area (Å²) < 4.78 is 19.9. The quantitative estimate of drug-likeness (QED) is 0.334. The fourth-order valence-electron chi connectivity index (χ4n) is 3.19. The largest absolute Gasteiger partial charge is 0.459 e. The van der Waals surface area contributed by atoms with Crippen LogP contribution < -0.4 is 0 Å². The van der Waals surface area contributed by atoms with Crippen LogP contribution in [0.5, 0.6) is 0 Å². The number of benzene rings is 2. The molecule has 0 amide bonds. The van der Waals surface area contributed by atoms with Crippen LogP contribution in [-0.4, -0.2) is 12.1 Å². The summed E-state index contributed by atoms with van der Waals surface area (Å²) in [6.45, 7) is 6.19. The molecule has 0 saturated heterocycles. The SMILES string of the molecule is CCCCCCC(C)OC(=O)c1ccc(-c2ccc(CCC)cc2F)cc1. The summed E-state index contributed by atoms with van der Waals surface area (Å²) in [4.78, 5) is 12.3. The lowest BCUT2D eigenvalue weighted by molar-refractivity contribution is 0.0319. The van der Waals surface area contributed by atoms with E-state index in [4.69, 9.17) is 4.74 Å². The first-order valence-electron chi connectivity index (χ1n) is 10.1. The van der Waals surface area contributed by atoms with Crippen molar-refractivity contribution in [3.8, 4) is 11.1 Å². The summed E-state index contributed by atoms with van der Waals surface area (Å²) in [5.41, 5.74) is 2.83. The van der Waals surface area contributed by atoms with E-state index < -0.39 is 0 Å². The number of carbonyl (C=O) groups is 1. The van der Waals surface area contributed by atoms with Crippen LogP contribution in [0.15, 0.2) is 42.5 Å². The van der Waals surface area contributed by atoms with Crippen LogP contribution in [0.3, 0.4) is 0 Å². The third kappa shape index (κ3) is 6.50. The Morgan fingerprint density at radius 1 is 1.00 bits per heavy atom. The molecule has 3 heteroatoms. The second kappa shape index (κ2) is 10.9. The van der Waals surface area contributed by atoms with Crippen molar-refractivity contribution >= 4 is 5.97 Å². The zero-order valence-electron chi connectivity index (χ0n) is 16.8. The number of esters is 1. The zero-order chi connectivity index (χ0) is 19.6. The molecular formula is C24H31FO2. The second-order valence-electron chi connectivity index (χ2n) is 7.21. The van der Waals surface area contributed by atoms with E-state index in [1.54, 1.807) is 30.3 Å². The predicted octanol–water partition coefficient (Wildman–Crippen LogP) is 6.96. The maximum atomic E-state index is 14.4. The molecule has 1 atom stereocenters. The first kappa shape index (κ1) is 21.1. The van der Waals surface area contributed by atoms with Crippen LogP contribution in [0.1, 0.15) is 75.2 Å². The summed E-state index contributed by atoms with van der Waals surface area (Å²) in [7, 11) is 0. The number of rotatable bonds is 10. The van der Waals surface area contributed by atoms with Gasteiger partial charge in [-0.25, -0.2) is 9.18 Å². The highest BCUT2D eigenvalue weighted by Gasteiger charge is 2.13. The summed E-state index contributed by atoms with van der Waals surface area (Å²) in [5, 5.41) is 0. The van der Waals surface area contributed by atoms with E-state index in [0.29, 0.717) is 11.1 Å². The van der Waals surface area contributed by atoms with Crippen molar-refractivity contribution in [2.75, 3.05) is 0 Å². The van der Waals surface area contributed by atoms with Crippen molar-refractivity contribution < 1.29 is 13.9 Å². The van der Waals surface area contributed by atoms with E-state index in [2.05, 4.69) is 13.8 Å². The van der Waals surface area contributed by atoms with Crippen molar-refractivity contribution in [3.63, 3.8) is 0 Å². The Labute approximate surface area is 162 Å². The standard InChI is InChI=1S/C24H31FO2/c1-4-6-7-8-10-18(3)27-24(26)21-14-12-20(13-15-21)22-16-11-19(9-5-2)17-23(22)25/h11-18H,4-10H2,1-3H3. The van der Waals surface area contributed by atoms with E-state index in [0.717, 1.165) is 36.8 Å². The highest BCUT2D eigenvalue weighted by atomic mass is 19.1. The van der Waals surface area contributed by atoms with Gasteiger partial charge in [-0.15, -0.1) is 0 Å². The molecule has 0 aliphatic carbocycles. The smallest absolute Gasteiger partial charge is 0.338 e. The van der Waals surface area contributed by atoms with E-state index in [9.17, 15) is 9.18 Å². The molecule has 2 rings (SSSR count). The summed E-state index contributed by atoms with van der Waals surface area (Å²) in [5.74, 6) is -0.541. The minimum Gasteiger partial charge on any atom is -0.459 e. The maximum Gasteiger partial charge on any atom is 0.338 e. The highest BCUT2D eigenvalue weighted by Crippen LogP contribution is 2.25. The van der Waals surface area contributed by atoms with Gasteiger partial charge in [0.25, 0.3) is 0 Å². The van der Waals surface area contributed by atoms with Gasteiger partial charge in [-0.1, -0.05) is 63.8 Å². The number of hydrogen-bond donors (Lipinski definition) is 0. The first-order valence-corrected chi connectivity index (χ1v) is 10.1. The minimum absolute atomic E-state index is 0.0856. The lowest BCUT2D eigenvalue weighted by Crippen LogP contribution is -2.15. The molecule has 0 radical (unpaired) electrons. The van der Waals surface area contributed by atoms with Gasteiger partial charge < -0.3 is 4.74 Å². The first-order chi connectivity index (χ1) is 13.0. The van der Waals surface area contributed by atoms with Gasteiger partial charge in [-0.2, -0.15) is 0 Å². The normalized spacial score (nSPS) is 12.0. The highest BCUT2D eigenvalue weighted by molar-refractivity contribution is 5.90. The molecule has 0 heterocycles. The molecule has 0 spiro atoms. The molecule has 0 aromatic heterocycles. The minimum atomic E-state index is -0.316. The maximum absolute atomic E-state index is 14.4. The van der Waals surface area contributed by atoms with E-state index >= 15 is 0 Å². The van der Waals surface area contributed by atoms with Gasteiger partial charge in [-0.05, 0) is 55.5 Å². The molecule has 0 aliphatic heterocycles. The number of aryl methyl sites for hydroxylation is 1. The average Bonchev–Trinajstić information content (AvgIpc) is 2.66. The van der Waals surface area contributed by atoms with Crippen molar-refractivity contribution in [3.05, 3.63) is 59.4 Å². The molecule has 1 unspecified atom stereocenters. The number of hydrogen-bond acceptors (Lipinski definition) is 2. The molecule has 146 valence electrons. The van der Waals surface area contributed by atoms with Crippen molar-refractivity contribution in [2.45, 2.75) is 71.8 Å². The van der Waals surface area contributed by atoms with Gasteiger partial charge in [0, 0.05) is 5.56 Å². The van der Waals surface area contributed by atoms with Crippen LogP contribution in [0.2, 0.25) is 0 Å². The topological polar surface area (TPSA) is 26.3 Å². The molecule has 0 fully saturated rings. The summed E-state index contributed by atoms with van der Waals surface area (Å²) in [6.07, 6.45) is 7.34. The van der Waals surface area contributed by atoms with Gasteiger partial charge in [-0.3, -0.25) is 0 Å². The van der Waals surface area contributed by atoms with Crippen molar-refractivity contribution in [1.82, 2.24) is 0 Å². The molecule has 0 aliphatic rings. The summed E-state index contributed by atoms with van der Waals surface area (Å²) >= 11 is 0. The van der Waals surface area contributed by atoms with E-state index in [-0.39, 0.29) is 17.9 Å². The molecule has 0 bridgehead atoms. The average molecular weight is 371 g/mol. The number of ether oxygens (including phenoxy) is 1. The van der Waals surface area contributed by atoms with Gasteiger partial charge in [0.05, 0.1) is 11.7 Å². The lowest BCUT2D eigenvalue weighted by Gasteiger charge is -2.13. The predicted molar refractivity (Wildman–Crippen MR) is 109 cm³/mol. The Morgan fingerprint density at radius 2 is 1.74 bits per heavy atom. The third-order valence-corrected chi connectivity index (χ3v) is 4.78. The van der Waals surface area contributed by atoms with Gasteiger partial charge in [0.2, 0.25) is 0 Å². The molecule has 2 aromatic rings. The molecule has 0 saturated carbocycles. The van der Waals surface area contributed by atoms with Crippen LogP contribution in [-0.2, 0) is 11.2 Å². The van der Waals surface area contributed by atoms with E-state index in [1.807, 2.05) is 19.1 Å². The molecule has 2 aromatic carbocycles. The molecule has 2 nitrogen and oxygen atoms in total. The molecule has 27 heavy (non-hydrogen) atoms. The van der Waals surface area contributed by atoms with Crippen LogP contribution in [0.25, 0.3) is 11.1 Å². The third-order valence-electron chi connectivity index (χ3n) is 4.78. The Kier molecular flexibility index (Phi) is 8.50. The Hall–Kier alpha value is -2.16. The van der Waals surface area contributed by atoms with Gasteiger partial charge in [0.15, 0.2) is 0 Å². The monoisotopic (exact) mass is 370 g/mol.